The summed E-state index contributed by atoms with van der Waals surface area (Å²) in [6, 6.07) is 22.4. The summed E-state index contributed by atoms with van der Waals surface area (Å²) in [5.74, 6) is 0.455. The number of halogens is 1. The van der Waals surface area contributed by atoms with Crippen molar-refractivity contribution in [1.82, 2.24) is 15.4 Å². The molecule has 0 aliphatic rings. The maximum atomic E-state index is 12.3. The predicted molar refractivity (Wildman–Crippen MR) is 108 cm³/mol. The maximum Gasteiger partial charge on any atom is 0.271 e. The normalized spacial score (nSPS) is 11.1. The predicted octanol–water partition coefficient (Wildman–Crippen LogP) is 4.65. The van der Waals surface area contributed by atoms with Crippen molar-refractivity contribution < 1.29 is 4.79 Å². The average molecular weight is 375 g/mol. The van der Waals surface area contributed by atoms with Crippen LogP contribution in [0.1, 0.15) is 15.9 Å². The first-order valence-corrected chi connectivity index (χ1v) is 8.71. The van der Waals surface area contributed by atoms with E-state index in [0.717, 1.165) is 28.0 Å². The highest BCUT2D eigenvalue weighted by Gasteiger charge is 2.09. The van der Waals surface area contributed by atoms with Gasteiger partial charge in [0.1, 0.15) is 5.82 Å². The van der Waals surface area contributed by atoms with Crippen molar-refractivity contribution in [3.05, 3.63) is 88.9 Å². The minimum atomic E-state index is -0.309. The molecule has 0 atom stereocenters. The number of hydrogen-bond donors (Lipinski definition) is 2. The van der Waals surface area contributed by atoms with Gasteiger partial charge in [0.05, 0.1) is 17.2 Å². The Morgan fingerprint density at radius 3 is 2.63 bits per heavy atom. The summed E-state index contributed by atoms with van der Waals surface area (Å²) in [7, 11) is 0. The van der Waals surface area contributed by atoms with Crippen LogP contribution in [-0.4, -0.2) is 22.1 Å². The lowest BCUT2D eigenvalue weighted by Crippen LogP contribution is -2.17. The van der Waals surface area contributed by atoms with E-state index in [4.69, 9.17) is 11.6 Å². The minimum absolute atomic E-state index is 0.309. The summed E-state index contributed by atoms with van der Waals surface area (Å²) in [5, 5.41) is 4.55. The largest absolute Gasteiger partial charge is 0.338 e. The Morgan fingerprint density at radius 2 is 1.81 bits per heavy atom. The second-order valence-electron chi connectivity index (χ2n) is 5.90. The highest BCUT2D eigenvalue weighted by atomic mass is 35.5. The van der Waals surface area contributed by atoms with Crippen LogP contribution in [0.2, 0.25) is 5.02 Å². The van der Waals surface area contributed by atoms with Crippen LogP contribution in [0.15, 0.2) is 77.9 Å². The number of amides is 1. The number of hydrazone groups is 1. The van der Waals surface area contributed by atoms with Crippen LogP contribution in [-0.2, 0) is 0 Å². The number of carbonyl (C=O) groups excluding carboxylic acids is 1. The van der Waals surface area contributed by atoms with E-state index >= 15 is 0 Å². The molecule has 3 aromatic carbocycles. The van der Waals surface area contributed by atoms with Crippen molar-refractivity contribution in [3.63, 3.8) is 0 Å². The Morgan fingerprint density at radius 1 is 1.04 bits per heavy atom. The van der Waals surface area contributed by atoms with E-state index < -0.39 is 0 Å². The van der Waals surface area contributed by atoms with Crippen molar-refractivity contribution in [3.8, 4) is 11.4 Å². The number of imidazole rings is 1. The summed E-state index contributed by atoms with van der Waals surface area (Å²) in [4.78, 5) is 20.2. The quantitative estimate of drug-likeness (QED) is 0.403. The summed E-state index contributed by atoms with van der Waals surface area (Å²) in [6.45, 7) is 0. The molecular formula is C21H15ClN4O. The van der Waals surface area contributed by atoms with Crippen LogP contribution in [0.5, 0.6) is 0 Å². The molecule has 0 spiro atoms. The molecule has 1 aromatic heterocycles. The van der Waals surface area contributed by atoms with Crippen molar-refractivity contribution in [2.24, 2.45) is 5.10 Å². The number of fused-ring (bicyclic) bond motifs is 1. The maximum absolute atomic E-state index is 12.3. The molecule has 5 nitrogen and oxygen atoms in total. The first kappa shape index (κ1) is 17.0. The van der Waals surface area contributed by atoms with Crippen LogP contribution in [0, 0.1) is 0 Å². The summed E-state index contributed by atoms with van der Waals surface area (Å²) in [6.07, 6.45) is 1.52. The molecule has 2 N–H and O–H groups in total. The van der Waals surface area contributed by atoms with Crippen LogP contribution in [0.4, 0.5) is 0 Å². The van der Waals surface area contributed by atoms with Gasteiger partial charge in [-0.3, -0.25) is 4.79 Å². The van der Waals surface area contributed by atoms with Crippen LogP contribution >= 0.6 is 11.6 Å². The molecule has 0 saturated heterocycles. The van der Waals surface area contributed by atoms with E-state index in [1.807, 2.05) is 54.6 Å². The number of nitrogens with one attached hydrogen (secondary N) is 2. The van der Waals surface area contributed by atoms with Gasteiger partial charge in [0.2, 0.25) is 0 Å². The smallest absolute Gasteiger partial charge is 0.271 e. The highest BCUT2D eigenvalue weighted by molar-refractivity contribution is 6.33. The third-order valence-electron chi connectivity index (χ3n) is 4.07. The van der Waals surface area contributed by atoms with Gasteiger partial charge in [-0.05, 0) is 24.3 Å². The molecule has 132 valence electrons. The van der Waals surface area contributed by atoms with E-state index in [-0.39, 0.29) is 5.91 Å². The lowest BCUT2D eigenvalue weighted by Gasteiger charge is -2.00. The van der Waals surface area contributed by atoms with E-state index in [9.17, 15) is 4.79 Å². The van der Waals surface area contributed by atoms with Crippen molar-refractivity contribution in [2.45, 2.75) is 0 Å². The standard InChI is InChI=1S/C21H15ClN4O/c22-17-9-5-4-8-16(17)13-23-26-21(27)15-10-11-18-19(12-15)25-20(24-18)14-6-2-1-3-7-14/h1-13H,(H,24,25)(H,26,27)/b23-13+. The second-order valence-corrected chi connectivity index (χ2v) is 6.31. The number of aromatic amines is 1. The highest BCUT2D eigenvalue weighted by Crippen LogP contribution is 2.21. The Hall–Kier alpha value is -3.44. The van der Waals surface area contributed by atoms with Gasteiger partial charge in [-0.25, -0.2) is 10.4 Å². The Kier molecular flexibility index (Phi) is 4.68. The minimum Gasteiger partial charge on any atom is -0.338 e. The molecule has 6 heteroatoms. The van der Waals surface area contributed by atoms with Crippen molar-refractivity contribution in [2.75, 3.05) is 0 Å². The number of hydrogen-bond acceptors (Lipinski definition) is 3. The van der Waals surface area contributed by atoms with Gasteiger partial charge < -0.3 is 4.98 Å². The Bertz CT molecular complexity index is 1140. The third-order valence-corrected chi connectivity index (χ3v) is 4.41. The number of benzene rings is 3. The molecule has 0 fully saturated rings. The Labute approximate surface area is 160 Å². The topological polar surface area (TPSA) is 70.1 Å². The summed E-state index contributed by atoms with van der Waals surface area (Å²) >= 11 is 6.06. The number of carbonyl (C=O) groups is 1. The van der Waals surface area contributed by atoms with E-state index in [1.54, 1.807) is 18.2 Å². The van der Waals surface area contributed by atoms with Crippen molar-refractivity contribution >= 4 is 34.8 Å². The van der Waals surface area contributed by atoms with E-state index in [2.05, 4.69) is 20.5 Å². The fraction of sp³-hybridized carbons (Fsp3) is 0. The molecule has 0 unspecified atom stereocenters. The summed E-state index contributed by atoms with van der Waals surface area (Å²) in [5.41, 5.74) is 6.31. The van der Waals surface area contributed by atoms with Gasteiger partial charge in [0, 0.05) is 21.7 Å². The van der Waals surface area contributed by atoms with Gasteiger partial charge in [-0.1, -0.05) is 60.1 Å². The fourth-order valence-electron chi connectivity index (χ4n) is 2.69. The molecule has 4 aromatic rings. The average Bonchev–Trinajstić information content (AvgIpc) is 3.13. The van der Waals surface area contributed by atoms with E-state index in [0.29, 0.717) is 10.6 Å². The lowest BCUT2D eigenvalue weighted by atomic mass is 10.2. The number of rotatable bonds is 4. The molecule has 1 heterocycles. The van der Waals surface area contributed by atoms with E-state index in [1.165, 1.54) is 6.21 Å². The molecule has 0 saturated carbocycles. The molecular weight excluding hydrogens is 360 g/mol. The van der Waals surface area contributed by atoms with Gasteiger partial charge in [-0.15, -0.1) is 0 Å². The Balaban J connectivity index is 1.53. The van der Waals surface area contributed by atoms with Gasteiger partial charge >= 0.3 is 0 Å². The van der Waals surface area contributed by atoms with Crippen molar-refractivity contribution in [1.29, 1.82) is 0 Å². The third kappa shape index (κ3) is 3.73. The monoisotopic (exact) mass is 374 g/mol. The van der Waals surface area contributed by atoms with Crippen LogP contribution in [0.3, 0.4) is 0 Å². The van der Waals surface area contributed by atoms with Gasteiger partial charge in [-0.2, -0.15) is 5.10 Å². The van der Waals surface area contributed by atoms with Gasteiger partial charge in [0.15, 0.2) is 0 Å². The van der Waals surface area contributed by atoms with Gasteiger partial charge in [0.25, 0.3) is 5.91 Å². The SMILES string of the molecule is O=C(N/N=C/c1ccccc1Cl)c1ccc2nc(-c3ccccc3)[nH]c2c1. The van der Waals surface area contributed by atoms with Crippen LogP contribution < -0.4 is 5.43 Å². The molecule has 1 amide bonds. The first-order chi connectivity index (χ1) is 13.2. The molecule has 27 heavy (non-hydrogen) atoms. The molecule has 4 rings (SSSR count). The zero-order chi connectivity index (χ0) is 18.6. The zero-order valence-electron chi connectivity index (χ0n) is 14.2. The van der Waals surface area contributed by atoms with Crippen LogP contribution in [0.25, 0.3) is 22.4 Å². The second kappa shape index (κ2) is 7.43. The fourth-order valence-corrected chi connectivity index (χ4v) is 2.87. The number of aromatic nitrogens is 2. The number of H-pyrrole nitrogens is 1. The first-order valence-electron chi connectivity index (χ1n) is 8.34. The lowest BCUT2D eigenvalue weighted by molar-refractivity contribution is 0.0955. The molecule has 0 aliphatic carbocycles. The summed E-state index contributed by atoms with van der Waals surface area (Å²) < 4.78 is 0. The number of nitrogens with zero attached hydrogens (tertiary/aromatic N) is 2. The zero-order valence-corrected chi connectivity index (χ0v) is 14.9. The molecule has 0 radical (unpaired) electrons. The molecule has 0 aliphatic heterocycles. The molecule has 0 bridgehead atoms.